The molecule has 0 heterocycles. The van der Waals surface area contributed by atoms with E-state index in [0.29, 0.717) is 12.2 Å². The Morgan fingerprint density at radius 1 is 0.867 bits per heavy atom. The number of nitrogens with zero attached hydrogens (tertiary/aromatic N) is 1. The first-order valence-corrected chi connectivity index (χ1v) is 11.2. The van der Waals surface area contributed by atoms with E-state index in [1.54, 1.807) is 30.3 Å². The summed E-state index contributed by atoms with van der Waals surface area (Å²) in [5, 5.41) is 2.85. The maximum Gasteiger partial charge on any atom is 0.264 e. The fourth-order valence-electron chi connectivity index (χ4n) is 3.32. The highest BCUT2D eigenvalue weighted by atomic mass is 32.2. The first-order chi connectivity index (χ1) is 14.3. The average Bonchev–Trinajstić information content (AvgIpc) is 2.71. The number of hydrogen-bond donors (Lipinski definition) is 1. The Morgan fingerprint density at radius 2 is 1.47 bits per heavy atom. The summed E-state index contributed by atoms with van der Waals surface area (Å²) in [6.07, 6.45) is 0. The van der Waals surface area contributed by atoms with Crippen LogP contribution >= 0.6 is 0 Å². The smallest absolute Gasteiger partial charge is 0.264 e. The molecule has 0 fully saturated rings. The Labute approximate surface area is 178 Å². The lowest BCUT2D eigenvalue weighted by Gasteiger charge is -2.25. The van der Waals surface area contributed by atoms with Crippen molar-refractivity contribution in [2.75, 3.05) is 10.8 Å². The predicted octanol–water partition coefficient (Wildman–Crippen LogP) is 4.12. The number of sulfonamides is 1. The molecule has 0 saturated carbocycles. The van der Waals surface area contributed by atoms with Crippen LogP contribution in [0.4, 0.5) is 5.69 Å². The Bertz CT molecular complexity index is 1120. The molecular weight excluding hydrogens is 396 g/mol. The van der Waals surface area contributed by atoms with Gasteiger partial charge < -0.3 is 5.32 Å². The molecule has 5 nitrogen and oxygen atoms in total. The third-order valence-corrected chi connectivity index (χ3v) is 6.64. The molecule has 3 rings (SSSR count). The second-order valence-electron chi connectivity index (χ2n) is 7.37. The van der Waals surface area contributed by atoms with E-state index >= 15 is 0 Å². The molecule has 3 aromatic rings. The van der Waals surface area contributed by atoms with E-state index in [9.17, 15) is 13.2 Å². The monoisotopic (exact) mass is 422 g/mol. The minimum absolute atomic E-state index is 0.149. The second kappa shape index (κ2) is 9.13. The molecule has 3 aromatic carbocycles. The minimum Gasteiger partial charge on any atom is -0.350 e. The summed E-state index contributed by atoms with van der Waals surface area (Å²) in [6.45, 7) is 5.83. The van der Waals surface area contributed by atoms with E-state index in [1.807, 2.05) is 51.1 Å². The molecule has 0 aliphatic rings. The van der Waals surface area contributed by atoms with Gasteiger partial charge in [0.05, 0.1) is 10.6 Å². The third kappa shape index (κ3) is 5.07. The van der Waals surface area contributed by atoms with E-state index in [0.717, 1.165) is 22.3 Å². The van der Waals surface area contributed by atoms with Crippen LogP contribution in [-0.2, 0) is 21.4 Å². The molecule has 0 unspecified atom stereocenters. The van der Waals surface area contributed by atoms with Gasteiger partial charge in [0, 0.05) is 6.54 Å². The summed E-state index contributed by atoms with van der Waals surface area (Å²) in [4.78, 5) is 12.9. The zero-order valence-electron chi connectivity index (χ0n) is 17.4. The van der Waals surface area contributed by atoms with Crippen LogP contribution in [0.5, 0.6) is 0 Å². The van der Waals surface area contributed by atoms with Gasteiger partial charge in [-0.25, -0.2) is 8.42 Å². The zero-order chi connectivity index (χ0) is 21.7. The number of rotatable bonds is 7. The molecule has 0 aliphatic carbocycles. The Morgan fingerprint density at radius 3 is 2.10 bits per heavy atom. The van der Waals surface area contributed by atoms with Crippen molar-refractivity contribution in [2.45, 2.75) is 32.2 Å². The van der Waals surface area contributed by atoms with E-state index in [-0.39, 0.29) is 17.3 Å². The molecule has 0 aliphatic heterocycles. The number of aryl methyl sites for hydroxylation is 3. The highest BCUT2D eigenvalue weighted by Crippen LogP contribution is 2.25. The molecule has 1 N–H and O–H groups in total. The van der Waals surface area contributed by atoms with Gasteiger partial charge in [0.1, 0.15) is 6.54 Å². The third-order valence-electron chi connectivity index (χ3n) is 4.85. The van der Waals surface area contributed by atoms with Crippen molar-refractivity contribution in [3.8, 4) is 0 Å². The van der Waals surface area contributed by atoms with Crippen LogP contribution in [0.15, 0.2) is 77.7 Å². The lowest BCUT2D eigenvalue weighted by molar-refractivity contribution is -0.119. The summed E-state index contributed by atoms with van der Waals surface area (Å²) < 4.78 is 27.9. The molecule has 0 spiro atoms. The highest BCUT2D eigenvalue weighted by molar-refractivity contribution is 7.92. The van der Waals surface area contributed by atoms with Gasteiger partial charge in [-0.05, 0) is 67.3 Å². The van der Waals surface area contributed by atoms with Crippen molar-refractivity contribution >= 4 is 21.6 Å². The van der Waals surface area contributed by atoms with Crippen LogP contribution in [0.25, 0.3) is 0 Å². The number of anilines is 1. The summed E-state index contributed by atoms with van der Waals surface area (Å²) >= 11 is 0. The van der Waals surface area contributed by atoms with Crippen LogP contribution < -0.4 is 9.62 Å². The predicted molar refractivity (Wildman–Crippen MR) is 120 cm³/mol. The van der Waals surface area contributed by atoms with Crippen molar-refractivity contribution in [1.29, 1.82) is 0 Å². The normalized spacial score (nSPS) is 11.2. The molecule has 6 heteroatoms. The van der Waals surface area contributed by atoms with Crippen molar-refractivity contribution in [2.24, 2.45) is 0 Å². The molecule has 0 saturated heterocycles. The molecule has 0 atom stereocenters. The maximum atomic E-state index is 13.4. The summed E-state index contributed by atoms with van der Waals surface area (Å²) in [5.41, 5.74) is 4.40. The largest absolute Gasteiger partial charge is 0.350 e. The molecule has 156 valence electrons. The first kappa shape index (κ1) is 21.6. The maximum absolute atomic E-state index is 13.4. The summed E-state index contributed by atoms with van der Waals surface area (Å²) in [5.74, 6) is -0.364. The van der Waals surface area contributed by atoms with Crippen LogP contribution in [0.2, 0.25) is 0 Å². The lowest BCUT2D eigenvalue weighted by Crippen LogP contribution is -2.40. The fraction of sp³-hybridized carbons (Fsp3) is 0.208. The number of carbonyl (C=O) groups is 1. The van der Waals surface area contributed by atoms with Crippen molar-refractivity contribution < 1.29 is 13.2 Å². The minimum atomic E-state index is -3.90. The molecule has 0 bridgehead atoms. The Balaban J connectivity index is 1.90. The number of benzene rings is 3. The van der Waals surface area contributed by atoms with E-state index < -0.39 is 10.0 Å². The SMILES string of the molecule is Cc1cc(C)cc(N(CC(=O)NCc2ccccc2C)S(=O)(=O)c2ccccc2)c1. The lowest BCUT2D eigenvalue weighted by atomic mass is 10.1. The van der Waals surface area contributed by atoms with Crippen molar-refractivity contribution in [3.05, 3.63) is 95.1 Å². The second-order valence-corrected chi connectivity index (χ2v) is 9.24. The van der Waals surface area contributed by atoms with Gasteiger partial charge in [-0.3, -0.25) is 9.10 Å². The van der Waals surface area contributed by atoms with Gasteiger partial charge in [0.2, 0.25) is 5.91 Å². The van der Waals surface area contributed by atoms with Crippen LogP contribution in [0.1, 0.15) is 22.3 Å². The fourth-order valence-corrected chi connectivity index (χ4v) is 4.74. The highest BCUT2D eigenvalue weighted by Gasteiger charge is 2.27. The molecule has 1 amide bonds. The van der Waals surface area contributed by atoms with Crippen molar-refractivity contribution in [1.82, 2.24) is 5.32 Å². The zero-order valence-corrected chi connectivity index (χ0v) is 18.2. The Hall–Kier alpha value is -3.12. The quantitative estimate of drug-likeness (QED) is 0.623. The Kier molecular flexibility index (Phi) is 6.57. The van der Waals surface area contributed by atoms with E-state index in [4.69, 9.17) is 0 Å². The van der Waals surface area contributed by atoms with Gasteiger partial charge in [0.25, 0.3) is 10.0 Å². The van der Waals surface area contributed by atoms with Gasteiger partial charge >= 0.3 is 0 Å². The van der Waals surface area contributed by atoms with E-state index in [2.05, 4.69) is 5.32 Å². The molecular formula is C24H26N2O3S. The summed E-state index contributed by atoms with van der Waals surface area (Å²) in [6, 6.07) is 21.5. The van der Waals surface area contributed by atoms with Gasteiger partial charge in [-0.15, -0.1) is 0 Å². The molecule has 0 radical (unpaired) electrons. The summed E-state index contributed by atoms with van der Waals surface area (Å²) in [7, 11) is -3.90. The average molecular weight is 423 g/mol. The number of nitrogens with one attached hydrogen (secondary N) is 1. The van der Waals surface area contributed by atoms with E-state index in [1.165, 1.54) is 16.4 Å². The number of amides is 1. The van der Waals surface area contributed by atoms with Crippen molar-refractivity contribution in [3.63, 3.8) is 0 Å². The number of carbonyl (C=O) groups excluding carboxylic acids is 1. The van der Waals surface area contributed by atoms with Crippen LogP contribution in [0, 0.1) is 20.8 Å². The first-order valence-electron chi connectivity index (χ1n) is 9.74. The van der Waals surface area contributed by atoms with Gasteiger partial charge in [-0.2, -0.15) is 0 Å². The van der Waals surface area contributed by atoms with Gasteiger partial charge in [0.15, 0.2) is 0 Å². The van der Waals surface area contributed by atoms with Gasteiger partial charge in [-0.1, -0.05) is 48.5 Å². The standard InChI is InChI=1S/C24H26N2O3S/c1-18-13-19(2)15-22(14-18)26(30(28,29)23-11-5-4-6-12-23)17-24(27)25-16-21-10-8-7-9-20(21)3/h4-15H,16-17H2,1-3H3,(H,25,27). The topological polar surface area (TPSA) is 66.5 Å². The number of hydrogen-bond acceptors (Lipinski definition) is 3. The molecule has 0 aromatic heterocycles. The van der Waals surface area contributed by atoms with Crippen LogP contribution in [0.3, 0.4) is 0 Å². The van der Waals surface area contributed by atoms with Crippen LogP contribution in [-0.4, -0.2) is 20.9 Å². The molecule has 30 heavy (non-hydrogen) atoms.